The lowest BCUT2D eigenvalue weighted by molar-refractivity contribution is 0.598. The van der Waals surface area contributed by atoms with Crippen LogP contribution in [0.15, 0.2) is 23.1 Å². The Hall–Kier alpha value is -0.650. The molecule has 1 aromatic carbocycles. The number of halogens is 2. The van der Waals surface area contributed by atoms with Crippen molar-refractivity contribution in [1.29, 1.82) is 0 Å². The Kier molecular flexibility index (Phi) is 4.51. The smallest absolute Gasteiger partial charge is 0.175 e. The lowest BCUT2D eigenvalue weighted by atomic mass is 10.2. The number of nitrogens with two attached hydrogens (primary N) is 1. The third-order valence-corrected chi connectivity index (χ3v) is 2.84. The topological polar surface area (TPSA) is 60.2 Å². The van der Waals surface area contributed by atoms with E-state index < -0.39 is 15.7 Å². The molecule has 14 heavy (non-hydrogen) atoms. The molecule has 0 aliphatic rings. The second-order valence-corrected chi connectivity index (χ2v) is 4.71. The summed E-state index contributed by atoms with van der Waals surface area (Å²) in [5.74, 6) is -0.479. The predicted octanol–water partition coefficient (Wildman–Crippen LogP) is 1.11. The maximum Gasteiger partial charge on any atom is 0.175 e. The van der Waals surface area contributed by atoms with E-state index in [4.69, 9.17) is 5.73 Å². The van der Waals surface area contributed by atoms with Gasteiger partial charge in [0.2, 0.25) is 0 Å². The Balaban J connectivity index is 0.00000169. The van der Waals surface area contributed by atoms with Gasteiger partial charge in [0, 0.05) is 12.8 Å². The van der Waals surface area contributed by atoms with Crippen molar-refractivity contribution < 1.29 is 12.8 Å². The zero-order chi connectivity index (χ0) is 10.1. The molecular formula is C8H11ClFNO2S. The van der Waals surface area contributed by atoms with Gasteiger partial charge in [0.1, 0.15) is 5.82 Å². The average molecular weight is 240 g/mol. The molecule has 0 aromatic heterocycles. The maximum absolute atomic E-state index is 12.7. The van der Waals surface area contributed by atoms with Crippen molar-refractivity contribution in [2.45, 2.75) is 11.4 Å². The summed E-state index contributed by atoms with van der Waals surface area (Å²) in [4.78, 5) is 0.0939. The molecule has 0 radical (unpaired) electrons. The van der Waals surface area contributed by atoms with E-state index in [1.807, 2.05) is 0 Å². The highest BCUT2D eigenvalue weighted by molar-refractivity contribution is 7.90. The Labute approximate surface area is 88.4 Å². The van der Waals surface area contributed by atoms with E-state index in [2.05, 4.69) is 0 Å². The van der Waals surface area contributed by atoms with Crippen molar-refractivity contribution in [1.82, 2.24) is 0 Å². The van der Waals surface area contributed by atoms with E-state index in [1.165, 1.54) is 6.07 Å². The lowest BCUT2D eigenvalue weighted by Crippen LogP contribution is -2.06. The van der Waals surface area contributed by atoms with Gasteiger partial charge in [-0.3, -0.25) is 0 Å². The van der Waals surface area contributed by atoms with Crippen LogP contribution >= 0.6 is 12.4 Å². The fourth-order valence-corrected chi connectivity index (χ4v) is 2.00. The third kappa shape index (κ3) is 2.94. The minimum Gasteiger partial charge on any atom is -0.326 e. The highest BCUT2D eigenvalue weighted by atomic mass is 35.5. The molecule has 0 heterocycles. The molecule has 0 spiro atoms. The Bertz CT molecular complexity index is 419. The van der Waals surface area contributed by atoms with Gasteiger partial charge in [0.15, 0.2) is 9.84 Å². The summed E-state index contributed by atoms with van der Waals surface area (Å²) in [5.41, 5.74) is 5.59. The van der Waals surface area contributed by atoms with Crippen molar-refractivity contribution in [2.75, 3.05) is 6.26 Å². The van der Waals surface area contributed by atoms with Crippen LogP contribution in [-0.4, -0.2) is 14.7 Å². The standard InChI is InChI=1S/C8H10FNO2S.ClH/c1-13(11,12)8-3-2-7(9)4-6(8)5-10;/h2-4H,5,10H2,1H3;1H. The number of hydrogen-bond donors (Lipinski definition) is 1. The van der Waals surface area contributed by atoms with Gasteiger partial charge < -0.3 is 5.73 Å². The van der Waals surface area contributed by atoms with Crippen LogP contribution < -0.4 is 5.73 Å². The van der Waals surface area contributed by atoms with Gasteiger partial charge in [-0.25, -0.2) is 12.8 Å². The van der Waals surface area contributed by atoms with E-state index in [0.717, 1.165) is 18.4 Å². The van der Waals surface area contributed by atoms with Gasteiger partial charge >= 0.3 is 0 Å². The van der Waals surface area contributed by atoms with Gasteiger partial charge in [-0.2, -0.15) is 0 Å². The minimum absolute atomic E-state index is 0. The summed E-state index contributed by atoms with van der Waals surface area (Å²) in [7, 11) is -3.31. The molecule has 1 rings (SSSR count). The van der Waals surface area contributed by atoms with Crippen LogP contribution in [-0.2, 0) is 16.4 Å². The highest BCUT2D eigenvalue weighted by Crippen LogP contribution is 2.16. The molecule has 0 bridgehead atoms. The van der Waals surface area contributed by atoms with Gasteiger partial charge in [-0.1, -0.05) is 0 Å². The fourth-order valence-electron chi connectivity index (χ4n) is 1.07. The predicted molar refractivity (Wildman–Crippen MR) is 54.6 cm³/mol. The molecule has 0 unspecified atom stereocenters. The molecule has 0 aliphatic heterocycles. The summed E-state index contributed by atoms with van der Waals surface area (Å²) in [6.45, 7) is 0.0141. The molecule has 1 aromatic rings. The first-order valence-electron chi connectivity index (χ1n) is 3.63. The largest absolute Gasteiger partial charge is 0.326 e. The van der Waals surface area contributed by atoms with Crippen LogP contribution in [0.5, 0.6) is 0 Å². The molecule has 0 saturated heterocycles. The molecule has 2 N–H and O–H groups in total. The van der Waals surface area contributed by atoms with E-state index >= 15 is 0 Å². The lowest BCUT2D eigenvalue weighted by Gasteiger charge is -2.04. The first-order valence-corrected chi connectivity index (χ1v) is 5.53. The van der Waals surface area contributed by atoms with Gasteiger partial charge in [0.25, 0.3) is 0 Å². The molecule has 0 fully saturated rings. The molecule has 0 amide bonds. The molecule has 3 nitrogen and oxygen atoms in total. The first kappa shape index (κ1) is 13.4. The Morgan fingerprint density at radius 3 is 2.43 bits per heavy atom. The summed E-state index contributed by atoms with van der Waals surface area (Å²) in [6, 6.07) is 3.47. The quantitative estimate of drug-likeness (QED) is 0.787. The van der Waals surface area contributed by atoms with Crippen molar-refractivity contribution in [3.63, 3.8) is 0 Å². The number of sulfone groups is 1. The highest BCUT2D eigenvalue weighted by Gasteiger charge is 2.12. The molecule has 0 atom stereocenters. The van der Waals surface area contributed by atoms with Crippen LogP contribution in [0.25, 0.3) is 0 Å². The summed E-state index contributed by atoms with van der Waals surface area (Å²) in [6.07, 6.45) is 1.07. The van der Waals surface area contributed by atoms with Crippen LogP contribution in [0, 0.1) is 5.82 Å². The van der Waals surface area contributed by atoms with E-state index in [1.54, 1.807) is 0 Å². The fraction of sp³-hybridized carbons (Fsp3) is 0.250. The van der Waals surface area contributed by atoms with E-state index in [9.17, 15) is 12.8 Å². The van der Waals surface area contributed by atoms with Crippen molar-refractivity contribution in [3.05, 3.63) is 29.6 Å². The van der Waals surface area contributed by atoms with Gasteiger partial charge in [0.05, 0.1) is 4.90 Å². The SMILES string of the molecule is CS(=O)(=O)c1ccc(F)cc1CN.Cl. The molecular weight excluding hydrogens is 229 g/mol. The monoisotopic (exact) mass is 239 g/mol. The molecule has 80 valence electrons. The number of hydrogen-bond acceptors (Lipinski definition) is 3. The van der Waals surface area contributed by atoms with Crippen molar-refractivity contribution in [2.24, 2.45) is 5.73 Å². The van der Waals surface area contributed by atoms with Crippen LogP contribution in [0.2, 0.25) is 0 Å². The van der Waals surface area contributed by atoms with E-state index in [-0.39, 0.29) is 23.8 Å². The first-order chi connectivity index (χ1) is 5.95. The van der Waals surface area contributed by atoms with Crippen molar-refractivity contribution in [3.8, 4) is 0 Å². The third-order valence-electron chi connectivity index (χ3n) is 1.64. The number of rotatable bonds is 2. The second kappa shape index (κ2) is 4.72. The minimum atomic E-state index is -3.31. The summed E-state index contributed by atoms with van der Waals surface area (Å²) in [5, 5.41) is 0. The average Bonchev–Trinajstić information content (AvgIpc) is 2.01. The normalized spacial score (nSPS) is 10.8. The maximum atomic E-state index is 12.7. The van der Waals surface area contributed by atoms with Gasteiger partial charge in [-0.15, -0.1) is 12.4 Å². The molecule has 0 saturated carbocycles. The number of benzene rings is 1. The molecule has 0 aliphatic carbocycles. The van der Waals surface area contributed by atoms with E-state index in [0.29, 0.717) is 5.56 Å². The van der Waals surface area contributed by atoms with Crippen LogP contribution in [0.4, 0.5) is 4.39 Å². The van der Waals surface area contributed by atoms with Crippen LogP contribution in [0.3, 0.4) is 0 Å². The zero-order valence-corrected chi connectivity index (χ0v) is 9.16. The van der Waals surface area contributed by atoms with Crippen LogP contribution in [0.1, 0.15) is 5.56 Å². The zero-order valence-electron chi connectivity index (χ0n) is 7.53. The molecule has 6 heteroatoms. The summed E-state index contributed by atoms with van der Waals surface area (Å²) < 4.78 is 35.0. The Morgan fingerprint density at radius 2 is 2.00 bits per heavy atom. The Morgan fingerprint density at radius 1 is 1.43 bits per heavy atom. The van der Waals surface area contributed by atoms with Gasteiger partial charge in [-0.05, 0) is 23.8 Å². The van der Waals surface area contributed by atoms with Crippen molar-refractivity contribution >= 4 is 22.2 Å². The second-order valence-electron chi connectivity index (χ2n) is 2.73. The summed E-state index contributed by atoms with van der Waals surface area (Å²) >= 11 is 0.